The smallest absolute Gasteiger partial charge is 0.249 e. The zero-order chi connectivity index (χ0) is 15.1. The summed E-state index contributed by atoms with van der Waals surface area (Å²) >= 11 is 1.87. The van der Waals surface area contributed by atoms with Crippen LogP contribution in [-0.2, 0) is 9.59 Å². The van der Waals surface area contributed by atoms with Crippen molar-refractivity contribution < 1.29 is 9.59 Å². The first-order chi connectivity index (χ1) is 10.0. The summed E-state index contributed by atoms with van der Waals surface area (Å²) in [6.07, 6.45) is 10.6. The van der Waals surface area contributed by atoms with Gasteiger partial charge >= 0.3 is 0 Å². The topological polar surface area (TPSA) is 49.4 Å². The zero-order valence-electron chi connectivity index (χ0n) is 13.1. The van der Waals surface area contributed by atoms with E-state index in [1.165, 1.54) is 25.7 Å². The highest BCUT2D eigenvalue weighted by Crippen LogP contribution is 2.44. The van der Waals surface area contributed by atoms with E-state index in [-0.39, 0.29) is 22.6 Å². The normalized spacial score (nSPS) is 31.0. The number of carbonyl (C=O) groups is 2. The van der Waals surface area contributed by atoms with Crippen LogP contribution in [0.5, 0.6) is 0 Å². The van der Waals surface area contributed by atoms with Crippen molar-refractivity contribution in [3.05, 3.63) is 0 Å². The van der Waals surface area contributed by atoms with Crippen LogP contribution in [0.1, 0.15) is 58.3 Å². The lowest BCUT2D eigenvalue weighted by Crippen LogP contribution is -2.71. The van der Waals surface area contributed by atoms with Crippen LogP contribution in [0.25, 0.3) is 0 Å². The van der Waals surface area contributed by atoms with Gasteiger partial charge < -0.3 is 10.2 Å². The van der Waals surface area contributed by atoms with Crippen LogP contribution in [0, 0.1) is 0 Å². The molecular formula is C16H26N2O2S. The quantitative estimate of drug-likeness (QED) is 0.870. The molecular weight excluding hydrogens is 284 g/mol. The Hall–Kier alpha value is -0.710. The number of amides is 2. The third-order valence-corrected chi connectivity index (χ3v) is 7.15. The molecule has 5 heteroatoms. The minimum absolute atomic E-state index is 0.0343. The number of hydrogen-bond donors (Lipinski definition) is 1. The van der Waals surface area contributed by atoms with Crippen LogP contribution >= 0.6 is 11.8 Å². The van der Waals surface area contributed by atoms with E-state index in [2.05, 4.69) is 11.6 Å². The number of carbonyl (C=O) groups excluding carboxylic acids is 2. The second-order valence-electron chi connectivity index (χ2n) is 6.98. The summed E-state index contributed by atoms with van der Waals surface area (Å²) in [6.45, 7) is 2.61. The molecule has 1 N–H and O–H groups in total. The maximum absolute atomic E-state index is 13.1. The SMILES string of the molecule is CSC1(CN2C(=O)C3(CCCCC3)NC(=O)C2C)CCC1. The van der Waals surface area contributed by atoms with Gasteiger partial charge in [-0.1, -0.05) is 25.7 Å². The van der Waals surface area contributed by atoms with Gasteiger partial charge in [0.15, 0.2) is 0 Å². The first kappa shape index (κ1) is 15.2. The molecule has 1 spiro atoms. The van der Waals surface area contributed by atoms with E-state index < -0.39 is 5.54 Å². The average molecular weight is 310 g/mol. The van der Waals surface area contributed by atoms with Gasteiger partial charge in [0, 0.05) is 11.3 Å². The van der Waals surface area contributed by atoms with Gasteiger partial charge in [0.2, 0.25) is 11.8 Å². The molecule has 2 aliphatic carbocycles. The number of thioether (sulfide) groups is 1. The van der Waals surface area contributed by atoms with Gasteiger partial charge in [-0.15, -0.1) is 0 Å². The largest absolute Gasteiger partial charge is 0.340 e. The molecule has 3 aliphatic rings. The van der Waals surface area contributed by atoms with E-state index in [1.807, 2.05) is 23.6 Å². The monoisotopic (exact) mass is 310 g/mol. The fourth-order valence-electron chi connectivity index (χ4n) is 4.00. The van der Waals surface area contributed by atoms with Crippen molar-refractivity contribution in [3.63, 3.8) is 0 Å². The standard InChI is InChI=1S/C16H26N2O2S/c1-12-13(19)17-16(9-4-3-5-10-16)14(20)18(12)11-15(21-2)7-6-8-15/h12H,3-11H2,1-2H3,(H,17,19). The molecule has 2 saturated carbocycles. The predicted molar refractivity (Wildman–Crippen MR) is 85.2 cm³/mol. The van der Waals surface area contributed by atoms with Gasteiger partial charge in [-0.05, 0) is 38.9 Å². The van der Waals surface area contributed by atoms with Crippen LogP contribution in [0.15, 0.2) is 0 Å². The first-order valence-electron chi connectivity index (χ1n) is 8.20. The lowest BCUT2D eigenvalue weighted by molar-refractivity contribution is -0.156. The molecule has 1 aliphatic heterocycles. The fraction of sp³-hybridized carbons (Fsp3) is 0.875. The summed E-state index contributed by atoms with van der Waals surface area (Å²) in [7, 11) is 0. The molecule has 0 aromatic carbocycles. The Bertz CT molecular complexity index is 436. The zero-order valence-corrected chi connectivity index (χ0v) is 13.9. The lowest BCUT2D eigenvalue weighted by Gasteiger charge is -2.51. The molecule has 0 aromatic rings. The van der Waals surface area contributed by atoms with Gasteiger partial charge in [-0.2, -0.15) is 11.8 Å². The molecule has 0 aromatic heterocycles. The van der Waals surface area contributed by atoms with Crippen molar-refractivity contribution in [2.45, 2.75) is 74.6 Å². The Balaban J connectivity index is 1.83. The molecule has 4 nitrogen and oxygen atoms in total. The van der Waals surface area contributed by atoms with Gasteiger partial charge in [0.25, 0.3) is 0 Å². The van der Waals surface area contributed by atoms with Crippen LogP contribution in [-0.4, -0.2) is 45.8 Å². The highest BCUT2D eigenvalue weighted by molar-refractivity contribution is 8.00. The van der Waals surface area contributed by atoms with Crippen molar-refractivity contribution in [2.24, 2.45) is 0 Å². The van der Waals surface area contributed by atoms with E-state index in [4.69, 9.17) is 0 Å². The maximum atomic E-state index is 13.1. The molecule has 0 bridgehead atoms. The van der Waals surface area contributed by atoms with Gasteiger partial charge in [-0.3, -0.25) is 9.59 Å². The highest BCUT2D eigenvalue weighted by Gasteiger charge is 2.52. The second-order valence-corrected chi connectivity index (χ2v) is 8.26. The van der Waals surface area contributed by atoms with Crippen molar-refractivity contribution >= 4 is 23.6 Å². The summed E-state index contributed by atoms with van der Waals surface area (Å²) in [5, 5.41) is 3.06. The van der Waals surface area contributed by atoms with E-state index in [1.54, 1.807) is 0 Å². The van der Waals surface area contributed by atoms with Gasteiger partial charge in [-0.25, -0.2) is 0 Å². The predicted octanol–water partition coefficient (Wildman–Crippen LogP) is 2.32. The molecule has 2 amide bonds. The molecule has 3 fully saturated rings. The van der Waals surface area contributed by atoms with Crippen LogP contribution < -0.4 is 5.32 Å². The Morgan fingerprint density at radius 1 is 1.14 bits per heavy atom. The van der Waals surface area contributed by atoms with Crippen LogP contribution in [0.2, 0.25) is 0 Å². The lowest BCUT2D eigenvalue weighted by atomic mass is 9.77. The average Bonchev–Trinajstić information content (AvgIpc) is 2.45. The second kappa shape index (κ2) is 5.49. The van der Waals surface area contributed by atoms with Crippen molar-refractivity contribution in [1.29, 1.82) is 0 Å². The summed E-state index contributed by atoms with van der Waals surface area (Å²) in [6, 6.07) is -0.324. The number of rotatable bonds is 3. The fourth-order valence-corrected chi connectivity index (χ4v) is 4.96. The Morgan fingerprint density at radius 3 is 2.33 bits per heavy atom. The molecule has 0 radical (unpaired) electrons. The third kappa shape index (κ3) is 2.47. The molecule has 1 heterocycles. The molecule has 3 rings (SSSR count). The Labute approximate surface area is 131 Å². The van der Waals surface area contributed by atoms with Crippen molar-refractivity contribution in [3.8, 4) is 0 Å². The van der Waals surface area contributed by atoms with Crippen LogP contribution in [0.3, 0.4) is 0 Å². The van der Waals surface area contributed by atoms with E-state index in [9.17, 15) is 9.59 Å². The molecule has 21 heavy (non-hydrogen) atoms. The van der Waals surface area contributed by atoms with Crippen molar-refractivity contribution in [1.82, 2.24) is 10.2 Å². The minimum Gasteiger partial charge on any atom is -0.340 e. The van der Waals surface area contributed by atoms with E-state index >= 15 is 0 Å². The highest BCUT2D eigenvalue weighted by atomic mass is 32.2. The molecule has 1 atom stereocenters. The minimum atomic E-state index is -0.592. The first-order valence-corrected chi connectivity index (χ1v) is 9.43. The van der Waals surface area contributed by atoms with Gasteiger partial charge in [0.1, 0.15) is 11.6 Å². The van der Waals surface area contributed by atoms with Crippen LogP contribution in [0.4, 0.5) is 0 Å². The number of hydrogen-bond acceptors (Lipinski definition) is 3. The summed E-state index contributed by atoms with van der Waals surface area (Å²) in [4.78, 5) is 27.4. The van der Waals surface area contributed by atoms with Crippen molar-refractivity contribution in [2.75, 3.05) is 12.8 Å². The third-order valence-electron chi connectivity index (χ3n) is 5.74. The number of nitrogens with one attached hydrogen (secondary N) is 1. The Morgan fingerprint density at radius 2 is 1.81 bits per heavy atom. The summed E-state index contributed by atoms with van der Waals surface area (Å²) in [5.41, 5.74) is -0.592. The summed E-state index contributed by atoms with van der Waals surface area (Å²) in [5.74, 6) is 0.210. The Kier molecular flexibility index (Phi) is 3.97. The van der Waals surface area contributed by atoms with E-state index in [0.29, 0.717) is 0 Å². The van der Waals surface area contributed by atoms with E-state index in [0.717, 1.165) is 32.2 Å². The molecule has 118 valence electrons. The number of piperazine rings is 1. The maximum Gasteiger partial charge on any atom is 0.249 e. The van der Waals surface area contributed by atoms with Gasteiger partial charge in [0.05, 0.1) is 0 Å². The molecule has 1 saturated heterocycles. The number of nitrogens with zero attached hydrogens (tertiary/aromatic N) is 1. The summed E-state index contributed by atoms with van der Waals surface area (Å²) < 4.78 is 0.192. The molecule has 1 unspecified atom stereocenters.